The molecule has 1 aromatic heterocycles. The van der Waals surface area contributed by atoms with Crippen LogP contribution in [0.25, 0.3) is 6.08 Å². The van der Waals surface area contributed by atoms with Gasteiger partial charge in [0.15, 0.2) is 0 Å². The van der Waals surface area contributed by atoms with Crippen LogP contribution in [0.15, 0.2) is 40.8 Å². The van der Waals surface area contributed by atoms with Crippen molar-refractivity contribution in [2.75, 3.05) is 19.4 Å². The maximum atomic E-state index is 12.7. The summed E-state index contributed by atoms with van der Waals surface area (Å²) in [4.78, 5) is 26.8. The molecule has 6 nitrogen and oxygen atoms in total. The number of para-hydroxylation sites is 1. The van der Waals surface area contributed by atoms with Gasteiger partial charge in [-0.2, -0.15) is 5.26 Å². The summed E-state index contributed by atoms with van der Waals surface area (Å²) in [6.07, 6.45) is 2.62. The summed E-state index contributed by atoms with van der Waals surface area (Å²) in [5.74, 6) is -0.502. The largest absolute Gasteiger partial charge is 0.349 e. The number of rotatable bonds is 6. The van der Waals surface area contributed by atoms with E-state index in [0.717, 1.165) is 41.7 Å². The molecule has 1 heterocycles. The molecule has 0 aliphatic heterocycles. The van der Waals surface area contributed by atoms with Crippen LogP contribution < -0.4 is 5.32 Å². The number of anilines is 1. The lowest BCUT2D eigenvalue weighted by atomic mass is 10.1. The first-order chi connectivity index (χ1) is 13.8. The number of benzene rings is 1. The Labute approximate surface area is 176 Å². The number of nitriles is 1. The number of hydrogen-bond donors (Lipinski definition) is 1. The van der Waals surface area contributed by atoms with Crippen molar-refractivity contribution in [3.05, 3.63) is 52.9 Å². The highest BCUT2D eigenvalue weighted by atomic mass is 32.2. The molecule has 7 heteroatoms. The topological polar surface area (TPSA) is 78.1 Å². The van der Waals surface area contributed by atoms with Gasteiger partial charge in [-0.25, -0.2) is 0 Å². The van der Waals surface area contributed by atoms with Gasteiger partial charge in [0.2, 0.25) is 0 Å². The van der Waals surface area contributed by atoms with Crippen LogP contribution in [-0.4, -0.2) is 34.7 Å². The van der Waals surface area contributed by atoms with Crippen molar-refractivity contribution in [2.45, 2.75) is 38.6 Å². The van der Waals surface area contributed by atoms with Crippen LogP contribution in [0.5, 0.6) is 0 Å². The van der Waals surface area contributed by atoms with Gasteiger partial charge in [-0.3, -0.25) is 9.59 Å². The molecule has 2 rings (SSSR count). The Balaban J connectivity index is 2.28. The third-order valence-corrected chi connectivity index (χ3v) is 5.54. The molecule has 1 N–H and O–H groups in total. The third kappa shape index (κ3) is 5.52. The predicted molar refractivity (Wildman–Crippen MR) is 118 cm³/mol. The maximum Gasteiger partial charge on any atom is 0.286 e. The van der Waals surface area contributed by atoms with Crippen molar-refractivity contribution in [3.8, 4) is 6.07 Å². The summed E-state index contributed by atoms with van der Waals surface area (Å²) in [5, 5.41) is 12.2. The molecule has 0 spiro atoms. The van der Waals surface area contributed by atoms with Crippen LogP contribution in [0.4, 0.5) is 10.5 Å². The second-order valence-electron chi connectivity index (χ2n) is 6.86. The van der Waals surface area contributed by atoms with Crippen molar-refractivity contribution in [1.29, 1.82) is 5.26 Å². The lowest BCUT2D eigenvalue weighted by molar-refractivity contribution is -0.112. The molecule has 0 radical (unpaired) electrons. The molecule has 2 amide bonds. The zero-order valence-corrected chi connectivity index (χ0v) is 18.3. The van der Waals surface area contributed by atoms with E-state index in [9.17, 15) is 14.9 Å². The van der Waals surface area contributed by atoms with Crippen molar-refractivity contribution in [1.82, 2.24) is 9.47 Å². The van der Waals surface area contributed by atoms with Crippen molar-refractivity contribution >= 4 is 34.7 Å². The second kappa shape index (κ2) is 9.99. The van der Waals surface area contributed by atoms with Crippen LogP contribution in [0.1, 0.15) is 30.3 Å². The van der Waals surface area contributed by atoms with E-state index in [4.69, 9.17) is 0 Å². The van der Waals surface area contributed by atoms with E-state index in [1.54, 1.807) is 44.4 Å². The lowest BCUT2D eigenvalue weighted by Gasteiger charge is -2.13. The number of nitrogens with zero attached hydrogens (tertiary/aromatic N) is 3. The molecule has 1 aromatic carbocycles. The SMILES string of the molecule is CCCn1c(C)cc(/C=C(\C#N)C(=O)Nc2ccccc2SC(=O)N(C)C)c1C. The Bertz CT molecular complexity index is 983. The van der Waals surface area contributed by atoms with Crippen LogP contribution in [0.2, 0.25) is 0 Å². The Morgan fingerprint density at radius 1 is 1.28 bits per heavy atom. The summed E-state index contributed by atoms with van der Waals surface area (Å²) >= 11 is 1.02. The number of thioether (sulfide) groups is 1. The van der Waals surface area contributed by atoms with Gasteiger partial charge < -0.3 is 14.8 Å². The van der Waals surface area contributed by atoms with Crippen molar-refractivity contribution < 1.29 is 9.59 Å². The highest BCUT2D eigenvalue weighted by Gasteiger charge is 2.16. The van der Waals surface area contributed by atoms with Gasteiger partial charge in [0.1, 0.15) is 11.6 Å². The van der Waals surface area contributed by atoms with Crippen LogP contribution in [-0.2, 0) is 11.3 Å². The van der Waals surface area contributed by atoms with Crippen LogP contribution in [0.3, 0.4) is 0 Å². The van der Waals surface area contributed by atoms with Gasteiger partial charge in [0, 0.05) is 36.9 Å². The first-order valence-corrected chi connectivity index (χ1v) is 10.2. The zero-order valence-electron chi connectivity index (χ0n) is 17.4. The fourth-order valence-electron chi connectivity index (χ4n) is 2.88. The van der Waals surface area contributed by atoms with E-state index in [1.807, 2.05) is 26.0 Å². The zero-order chi connectivity index (χ0) is 21.6. The molecule has 152 valence electrons. The van der Waals surface area contributed by atoms with Gasteiger partial charge >= 0.3 is 0 Å². The highest BCUT2D eigenvalue weighted by Crippen LogP contribution is 2.29. The summed E-state index contributed by atoms with van der Waals surface area (Å²) < 4.78 is 2.18. The summed E-state index contributed by atoms with van der Waals surface area (Å²) in [6, 6.07) is 11.0. The first kappa shape index (κ1) is 22.3. The molecular weight excluding hydrogens is 384 g/mol. The highest BCUT2D eigenvalue weighted by molar-refractivity contribution is 8.13. The number of hydrogen-bond acceptors (Lipinski definition) is 4. The van der Waals surface area contributed by atoms with Crippen LogP contribution >= 0.6 is 11.8 Å². The second-order valence-corrected chi connectivity index (χ2v) is 7.85. The van der Waals surface area contributed by atoms with Crippen LogP contribution in [0, 0.1) is 25.2 Å². The van der Waals surface area contributed by atoms with E-state index < -0.39 is 5.91 Å². The molecule has 0 unspecified atom stereocenters. The molecule has 0 aliphatic carbocycles. The minimum absolute atomic E-state index is 0.0143. The molecule has 29 heavy (non-hydrogen) atoms. The number of carbonyl (C=O) groups is 2. The standard InChI is InChI=1S/C22H26N4O2S/c1-6-11-26-15(2)12-17(16(26)3)13-18(14-23)21(27)24-19-9-7-8-10-20(19)29-22(28)25(4)5/h7-10,12-13H,6,11H2,1-5H3,(H,24,27)/b18-13+. The third-order valence-electron chi connectivity index (χ3n) is 4.42. The fourth-order valence-corrected chi connectivity index (χ4v) is 3.63. The average molecular weight is 411 g/mol. The summed E-state index contributed by atoms with van der Waals surface area (Å²) in [7, 11) is 3.34. The fraction of sp³-hybridized carbons (Fsp3) is 0.318. The van der Waals surface area contributed by atoms with E-state index in [0.29, 0.717) is 10.6 Å². The molecule has 0 saturated carbocycles. The number of aromatic nitrogens is 1. The number of nitrogens with one attached hydrogen (secondary N) is 1. The molecular formula is C22H26N4O2S. The minimum atomic E-state index is -0.502. The number of aryl methyl sites for hydroxylation is 1. The molecule has 0 aliphatic rings. The number of amides is 2. The lowest BCUT2D eigenvalue weighted by Crippen LogP contribution is -2.17. The molecule has 0 fully saturated rings. The summed E-state index contributed by atoms with van der Waals surface area (Å²) in [5.41, 5.74) is 3.48. The summed E-state index contributed by atoms with van der Waals surface area (Å²) in [6.45, 7) is 7.00. The Kier molecular flexibility index (Phi) is 7.68. The Hall–Kier alpha value is -2.98. The molecule has 2 aromatic rings. The Morgan fingerprint density at radius 2 is 1.97 bits per heavy atom. The van der Waals surface area contributed by atoms with Gasteiger partial charge in [0.05, 0.1) is 5.69 Å². The van der Waals surface area contributed by atoms with Crippen molar-refractivity contribution in [3.63, 3.8) is 0 Å². The average Bonchev–Trinajstić information content (AvgIpc) is 2.95. The maximum absolute atomic E-state index is 12.7. The van der Waals surface area contributed by atoms with Gasteiger partial charge in [-0.05, 0) is 61.9 Å². The Morgan fingerprint density at radius 3 is 2.59 bits per heavy atom. The quantitative estimate of drug-likeness (QED) is 0.420. The predicted octanol–water partition coefficient (Wildman–Crippen LogP) is 4.83. The van der Waals surface area contributed by atoms with E-state index in [1.165, 1.54) is 4.90 Å². The van der Waals surface area contributed by atoms with E-state index >= 15 is 0 Å². The van der Waals surface area contributed by atoms with E-state index in [2.05, 4.69) is 16.8 Å². The molecule has 0 atom stereocenters. The minimum Gasteiger partial charge on any atom is -0.349 e. The smallest absolute Gasteiger partial charge is 0.286 e. The van der Waals surface area contributed by atoms with Gasteiger partial charge in [-0.1, -0.05) is 19.1 Å². The van der Waals surface area contributed by atoms with Gasteiger partial charge in [0.25, 0.3) is 11.1 Å². The normalized spacial score (nSPS) is 11.1. The molecule has 0 bridgehead atoms. The first-order valence-electron chi connectivity index (χ1n) is 9.36. The van der Waals surface area contributed by atoms with Gasteiger partial charge in [-0.15, -0.1) is 0 Å². The van der Waals surface area contributed by atoms with E-state index in [-0.39, 0.29) is 10.8 Å². The molecule has 0 saturated heterocycles. The van der Waals surface area contributed by atoms with Crippen molar-refractivity contribution in [2.24, 2.45) is 0 Å². The monoisotopic (exact) mass is 410 g/mol. The number of carbonyl (C=O) groups excluding carboxylic acids is 2.